The molecule has 0 amide bonds. The first-order valence-electron chi connectivity index (χ1n) is 9.68. The summed E-state index contributed by atoms with van der Waals surface area (Å²) in [6.07, 6.45) is 0.736. The van der Waals surface area contributed by atoms with Gasteiger partial charge in [0.2, 0.25) is 10.0 Å². The lowest BCUT2D eigenvalue weighted by Gasteiger charge is -2.28. The van der Waals surface area contributed by atoms with Crippen molar-refractivity contribution in [2.24, 2.45) is 0 Å². The molecule has 1 aliphatic heterocycles. The molecule has 1 saturated heterocycles. The van der Waals surface area contributed by atoms with Crippen LogP contribution in [0, 0.1) is 0 Å². The van der Waals surface area contributed by atoms with Crippen LogP contribution in [-0.4, -0.2) is 64.1 Å². The first-order valence-corrected chi connectivity index (χ1v) is 11.5. The highest BCUT2D eigenvalue weighted by Gasteiger charge is 2.25. The molecule has 6 nitrogen and oxygen atoms in total. The van der Waals surface area contributed by atoms with Crippen molar-refractivity contribution in [3.63, 3.8) is 0 Å². The van der Waals surface area contributed by atoms with E-state index in [-0.39, 0.29) is 11.4 Å². The summed E-state index contributed by atoms with van der Waals surface area (Å²) in [5, 5.41) is 0.565. The summed E-state index contributed by atoms with van der Waals surface area (Å²) in [6.45, 7) is 4.71. The Bertz CT molecular complexity index is 884. The number of ether oxygens (including phenoxy) is 2. The van der Waals surface area contributed by atoms with Crippen LogP contribution in [0.1, 0.15) is 12.0 Å². The van der Waals surface area contributed by atoms with Crippen LogP contribution in [0.25, 0.3) is 0 Å². The molecule has 0 unspecified atom stereocenters. The molecular formula is C21H27ClN2O4S. The molecule has 2 aromatic carbocycles. The fourth-order valence-electron chi connectivity index (χ4n) is 3.29. The van der Waals surface area contributed by atoms with Gasteiger partial charge in [-0.3, -0.25) is 4.90 Å². The Kier molecular flexibility index (Phi) is 7.91. The standard InChI is InChI=1S/C21H27ClN2O4S/c1-27-19-7-9-20(10-8-19)29(25,26)24(17-18-5-2-3-6-21(18)22)12-4-11-23-13-15-28-16-14-23/h2-3,5-10H,4,11-17H2,1H3. The van der Waals surface area contributed by atoms with E-state index in [1.165, 1.54) is 4.31 Å². The number of sulfonamides is 1. The van der Waals surface area contributed by atoms with Gasteiger partial charge in [0.1, 0.15) is 5.75 Å². The van der Waals surface area contributed by atoms with Gasteiger partial charge >= 0.3 is 0 Å². The highest BCUT2D eigenvalue weighted by molar-refractivity contribution is 7.89. The number of nitrogens with zero attached hydrogens (tertiary/aromatic N) is 2. The third-order valence-electron chi connectivity index (χ3n) is 4.99. The van der Waals surface area contributed by atoms with E-state index >= 15 is 0 Å². The van der Waals surface area contributed by atoms with E-state index in [4.69, 9.17) is 21.1 Å². The molecule has 2 aromatic rings. The minimum atomic E-state index is -3.67. The molecule has 0 spiro atoms. The normalized spacial score (nSPS) is 15.6. The lowest BCUT2D eigenvalue weighted by Crippen LogP contribution is -2.39. The number of benzene rings is 2. The minimum absolute atomic E-state index is 0.233. The quantitative estimate of drug-likeness (QED) is 0.601. The zero-order valence-electron chi connectivity index (χ0n) is 16.6. The van der Waals surface area contributed by atoms with Gasteiger partial charge < -0.3 is 9.47 Å². The Morgan fingerprint density at radius 3 is 2.45 bits per heavy atom. The van der Waals surface area contributed by atoms with Crippen LogP contribution < -0.4 is 4.74 Å². The van der Waals surface area contributed by atoms with Crippen molar-refractivity contribution in [3.05, 3.63) is 59.1 Å². The van der Waals surface area contributed by atoms with Crippen molar-refractivity contribution in [2.75, 3.05) is 46.5 Å². The van der Waals surface area contributed by atoms with Gasteiger partial charge in [-0.2, -0.15) is 4.31 Å². The molecule has 1 heterocycles. The van der Waals surface area contributed by atoms with Crippen LogP contribution in [0.3, 0.4) is 0 Å². The largest absolute Gasteiger partial charge is 0.497 e. The Hall–Kier alpha value is -1.64. The zero-order valence-corrected chi connectivity index (χ0v) is 18.2. The molecule has 158 valence electrons. The first kappa shape index (κ1) is 22.1. The van der Waals surface area contributed by atoms with E-state index in [2.05, 4.69) is 4.90 Å². The van der Waals surface area contributed by atoms with Crippen LogP contribution in [0.4, 0.5) is 0 Å². The molecule has 0 bridgehead atoms. The van der Waals surface area contributed by atoms with Crippen molar-refractivity contribution in [2.45, 2.75) is 17.9 Å². The molecule has 29 heavy (non-hydrogen) atoms. The van der Waals surface area contributed by atoms with E-state index < -0.39 is 10.0 Å². The van der Waals surface area contributed by atoms with Crippen LogP contribution in [-0.2, 0) is 21.3 Å². The first-order chi connectivity index (χ1) is 14.0. The number of halogens is 1. The van der Waals surface area contributed by atoms with E-state index in [0.29, 0.717) is 17.3 Å². The van der Waals surface area contributed by atoms with Crippen LogP contribution >= 0.6 is 11.6 Å². The molecule has 8 heteroatoms. The lowest BCUT2D eigenvalue weighted by molar-refractivity contribution is 0.0368. The summed E-state index contributed by atoms with van der Waals surface area (Å²) in [7, 11) is -2.11. The SMILES string of the molecule is COc1ccc(S(=O)(=O)N(CCCN2CCOCC2)Cc2ccccc2Cl)cc1. The van der Waals surface area contributed by atoms with Crippen molar-refractivity contribution in [1.29, 1.82) is 0 Å². The number of hydrogen-bond acceptors (Lipinski definition) is 5. The van der Waals surface area contributed by atoms with Gasteiger partial charge in [-0.1, -0.05) is 29.8 Å². The third kappa shape index (κ3) is 5.93. The maximum atomic E-state index is 13.3. The molecule has 0 N–H and O–H groups in total. The Labute approximate surface area is 178 Å². The number of hydrogen-bond donors (Lipinski definition) is 0. The van der Waals surface area contributed by atoms with Crippen molar-refractivity contribution in [3.8, 4) is 5.75 Å². The molecule has 1 aliphatic rings. The average Bonchev–Trinajstić information content (AvgIpc) is 2.75. The second kappa shape index (κ2) is 10.4. The summed E-state index contributed by atoms with van der Waals surface area (Å²) in [4.78, 5) is 2.55. The number of methoxy groups -OCH3 is 1. The highest BCUT2D eigenvalue weighted by Crippen LogP contribution is 2.24. The van der Waals surface area contributed by atoms with Crippen molar-refractivity contribution < 1.29 is 17.9 Å². The molecule has 0 aromatic heterocycles. The zero-order chi connectivity index (χ0) is 20.7. The van der Waals surface area contributed by atoms with Crippen LogP contribution in [0.2, 0.25) is 5.02 Å². The van der Waals surface area contributed by atoms with E-state index in [9.17, 15) is 8.42 Å². The molecule has 0 saturated carbocycles. The van der Waals surface area contributed by atoms with Gasteiger partial charge in [0.25, 0.3) is 0 Å². The predicted octanol–water partition coefficient (Wildman–Crippen LogP) is 3.26. The van der Waals surface area contributed by atoms with Crippen molar-refractivity contribution >= 4 is 21.6 Å². The molecule has 0 radical (unpaired) electrons. The Morgan fingerprint density at radius 2 is 1.79 bits per heavy atom. The Morgan fingerprint density at radius 1 is 1.10 bits per heavy atom. The van der Waals surface area contributed by atoms with Gasteiger partial charge in [-0.15, -0.1) is 0 Å². The summed E-state index contributed by atoms with van der Waals surface area (Å²) in [5.74, 6) is 0.619. The smallest absolute Gasteiger partial charge is 0.243 e. The fraction of sp³-hybridized carbons (Fsp3) is 0.429. The third-order valence-corrected chi connectivity index (χ3v) is 7.22. The summed E-state index contributed by atoms with van der Waals surface area (Å²) < 4.78 is 38.7. The average molecular weight is 439 g/mol. The van der Waals surface area contributed by atoms with Crippen LogP contribution in [0.5, 0.6) is 5.75 Å². The maximum absolute atomic E-state index is 13.3. The van der Waals surface area contributed by atoms with Gasteiger partial charge in [0, 0.05) is 31.2 Å². The van der Waals surface area contributed by atoms with Gasteiger partial charge in [-0.25, -0.2) is 8.42 Å². The fourth-order valence-corrected chi connectivity index (χ4v) is 4.95. The summed E-state index contributed by atoms with van der Waals surface area (Å²) >= 11 is 6.30. The monoisotopic (exact) mass is 438 g/mol. The topological polar surface area (TPSA) is 59.1 Å². The van der Waals surface area contributed by atoms with Gasteiger partial charge in [0.05, 0.1) is 25.2 Å². The number of morpholine rings is 1. The van der Waals surface area contributed by atoms with E-state index in [1.807, 2.05) is 18.2 Å². The summed E-state index contributed by atoms with van der Waals surface area (Å²) in [6, 6.07) is 13.8. The molecule has 3 rings (SSSR count). The van der Waals surface area contributed by atoms with E-state index in [0.717, 1.165) is 44.8 Å². The molecule has 1 fully saturated rings. The predicted molar refractivity (Wildman–Crippen MR) is 114 cm³/mol. The minimum Gasteiger partial charge on any atom is -0.497 e. The second-order valence-corrected chi connectivity index (χ2v) is 9.26. The van der Waals surface area contributed by atoms with Gasteiger partial charge in [0.15, 0.2) is 0 Å². The molecular weight excluding hydrogens is 412 g/mol. The van der Waals surface area contributed by atoms with Crippen molar-refractivity contribution in [1.82, 2.24) is 9.21 Å². The summed E-state index contributed by atoms with van der Waals surface area (Å²) in [5.41, 5.74) is 0.789. The molecule has 0 atom stereocenters. The maximum Gasteiger partial charge on any atom is 0.243 e. The Balaban J connectivity index is 1.77. The number of rotatable bonds is 9. The van der Waals surface area contributed by atoms with Crippen LogP contribution in [0.15, 0.2) is 53.4 Å². The van der Waals surface area contributed by atoms with Gasteiger partial charge in [-0.05, 0) is 48.9 Å². The second-order valence-electron chi connectivity index (χ2n) is 6.91. The highest BCUT2D eigenvalue weighted by atomic mass is 35.5. The lowest BCUT2D eigenvalue weighted by atomic mass is 10.2. The van der Waals surface area contributed by atoms with E-state index in [1.54, 1.807) is 37.4 Å². The molecule has 0 aliphatic carbocycles.